The SMILES string of the molecule is COC(=O)c1ccc([C@H](C)NC(=O)c2cccc3ccn(Cc4coc(-c5ccccc5)n4)c23)cc1. The van der Waals surface area contributed by atoms with Crippen LogP contribution in [-0.2, 0) is 11.3 Å². The van der Waals surface area contributed by atoms with Gasteiger partial charge in [-0.15, -0.1) is 0 Å². The van der Waals surface area contributed by atoms with Gasteiger partial charge in [-0.1, -0.05) is 42.5 Å². The molecule has 0 fully saturated rings. The monoisotopic (exact) mass is 479 g/mol. The van der Waals surface area contributed by atoms with Crippen LogP contribution in [0.15, 0.2) is 95.7 Å². The zero-order valence-corrected chi connectivity index (χ0v) is 20.0. The summed E-state index contributed by atoms with van der Waals surface area (Å²) in [4.78, 5) is 29.6. The summed E-state index contributed by atoms with van der Waals surface area (Å²) in [6, 6.07) is 24.2. The number of aromatic nitrogens is 2. The molecule has 0 saturated heterocycles. The molecule has 0 bridgehead atoms. The number of oxazole rings is 1. The van der Waals surface area contributed by atoms with E-state index in [0.717, 1.165) is 27.7 Å². The fraction of sp³-hybridized carbons (Fsp3) is 0.138. The Morgan fingerprint density at radius 1 is 1.00 bits per heavy atom. The van der Waals surface area contributed by atoms with E-state index in [1.54, 1.807) is 18.4 Å². The number of carbonyl (C=O) groups excluding carboxylic acids is 2. The Kier molecular flexibility index (Phi) is 6.36. The van der Waals surface area contributed by atoms with E-state index < -0.39 is 5.97 Å². The molecule has 3 aromatic carbocycles. The largest absolute Gasteiger partial charge is 0.465 e. The maximum Gasteiger partial charge on any atom is 0.337 e. The number of ether oxygens (including phenoxy) is 1. The second-order valence-corrected chi connectivity index (χ2v) is 8.51. The van der Waals surface area contributed by atoms with Crippen LogP contribution in [0, 0.1) is 0 Å². The maximum atomic E-state index is 13.3. The van der Waals surface area contributed by atoms with Crippen molar-refractivity contribution >= 4 is 22.8 Å². The van der Waals surface area contributed by atoms with Gasteiger partial charge in [0.15, 0.2) is 0 Å². The molecule has 0 aliphatic heterocycles. The topological polar surface area (TPSA) is 86.4 Å². The first-order chi connectivity index (χ1) is 17.5. The van der Waals surface area contributed by atoms with Crippen LogP contribution in [0.2, 0.25) is 0 Å². The number of amides is 1. The summed E-state index contributed by atoms with van der Waals surface area (Å²) < 4.78 is 12.4. The molecule has 1 atom stereocenters. The van der Waals surface area contributed by atoms with E-state index in [-0.39, 0.29) is 11.9 Å². The first-order valence-corrected chi connectivity index (χ1v) is 11.6. The predicted octanol–water partition coefficient (Wildman–Crippen LogP) is 5.62. The van der Waals surface area contributed by atoms with Gasteiger partial charge in [-0.3, -0.25) is 4.79 Å². The molecule has 1 amide bonds. The van der Waals surface area contributed by atoms with Crippen molar-refractivity contribution < 1.29 is 18.7 Å². The van der Waals surface area contributed by atoms with E-state index >= 15 is 0 Å². The van der Waals surface area contributed by atoms with Gasteiger partial charge in [0, 0.05) is 17.1 Å². The summed E-state index contributed by atoms with van der Waals surface area (Å²) in [5, 5.41) is 4.03. The number of fused-ring (bicyclic) bond motifs is 1. The van der Waals surface area contributed by atoms with Gasteiger partial charge >= 0.3 is 5.97 Å². The lowest BCUT2D eigenvalue weighted by Gasteiger charge is -2.16. The van der Waals surface area contributed by atoms with E-state index in [4.69, 9.17) is 9.15 Å². The highest BCUT2D eigenvalue weighted by Gasteiger charge is 2.18. The van der Waals surface area contributed by atoms with Gasteiger partial charge in [-0.05, 0) is 48.9 Å². The van der Waals surface area contributed by atoms with Crippen LogP contribution in [-0.4, -0.2) is 28.5 Å². The standard InChI is InChI=1S/C29H25N3O4/c1-19(20-11-13-23(14-12-20)29(34)35-2)30-27(33)25-10-6-9-21-15-16-32(26(21)25)17-24-18-36-28(31-24)22-7-4-3-5-8-22/h3-16,18-19H,17H2,1-2H3,(H,30,33)/t19-/m0/s1. The molecule has 0 saturated carbocycles. The fourth-order valence-electron chi connectivity index (χ4n) is 4.23. The van der Waals surface area contributed by atoms with Gasteiger partial charge in [-0.25, -0.2) is 9.78 Å². The highest BCUT2D eigenvalue weighted by atomic mass is 16.5. The van der Waals surface area contributed by atoms with E-state index in [2.05, 4.69) is 10.3 Å². The molecule has 180 valence electrons. The number of nitrogens with zero attached hydrogens (tertiary/aromatic N) is 2. The number of methoxy groups -OCH3 is 1. The quantitative estimate of drug-likeness (QED) is 0.306. The lowest BCUT2D eigenvalue weighted by molar-refractivity contribution is 0.0600. The van der Waals surface area contributed by atoms with Crippen molar-refractivity contribution in [2.45, 2.75) is 19.5 Å². The number of hydrogen-bond acceptors (Lipinski definition) is 5. The number of carbonyl (C=O) groups is 2. The van der Waals surface area contributed by atoms with Crippen molar-refractivity contribution in [3.8, 4) is 11.5 Å². The number of para-hydroxylation sites is 1. The third kappa shape index (κ3) is 4.63. The van der Waals surface area contributed by atoms with E-state index in [1.807, 2.05) is 84.4 Å². The minimum absolute atomic E-state index is 0.185. The van der Waals surface area contributed by atoms with E-state index in [0.29, 0.717) is 23.6 Å². The molecular weight excluding hydrogens is 454 g/mol. The third-order valence-electron chi connectivity index (χ3n) is 6.12. The van der Waals surface area contributed by atoms with Crippen LogP contribution in [0.25, 0.3) is 22.4 Å². The van der Waals surface area contributed by atoms with E-state index in [9.17, 15) is 9.59 Å². The Labute approximate surface area is 208 Å². The predicted molar refractivity (Wildman–Crippen MR) is 137 cm³/mol. The smallest absolute Gasteiger partial charge is 0.337 e. The van der Waals surface area contributed by atoms with Crippen LogP contribution in [0.1, 0.15) is 44.9 Å². The maximum absolute atomic E-state index is 13.3. The number of nitrogens with one attached hydrogen (secondary N) is 1. The Morgan fingerprint density at radius 3 is 2.53 bits per heavy atom. The second kappa shape index (κ2) is 9.92. The average Bonchev–Trinajstić information content (AvgIpc) is 3.56. The number of esters is 1. The number of rotatable bonds is 7. The van der Waals surface area contributed by atoms with Gasteiger partial charge in [0.25, 0.3) is 5.91 Å². The van der Waals surface area contributed by atoms with E-state index in [1.165, 1.54) is 7.11 Å². The summed E-state index contributed by atoms with van der Waals surface area (Å²) >= 11 is 0. The van der Waals surface area contributed by atoms with Crippen LogP contribution in [0.4, 0.5) is 0 Å². The Morgan fingerprint density at radius 2 is 1.78 bits per heavy atom. The van der Waals surface area contributed by atoms with Gasteiger partial charge in [0.05, 0.1) is 42.0 Å². The zero-order chi connectivity index (χ0) is 25.1. The molecule has 0 radical (unpaired) electrons. The molecule has 2 heterocycles. The van der Waals surface area contributed by atoms with Crippen molar-refractivity contribution in [2.24, 2.45) is 0 Å². The highest BCUT2D eigenvalue weighted by molar-refractivity contribution is 6.06. The molecule has 0 unspecified atom stereocenters. The summed E-state index contributed by atoms with van der Waals surface area (Å²) in [5.74, 6) is -0.0176. The van der Waals surface area contributed by atoms with Crippen molar-refractivity contribution in [1.82, 2.24) is 14.9 Å². The molecule has 0 aliphatic rings. The highest BCUT2D eigenvalue weighted by Crippen LogP contribution is 2.24. The van der Waals surface area contributed by atoms with Gasteiger partial charge in [0.2, 0.25) is 5.89 Å². The molecular formula is C29H25N3O4. The zero-order valence-electron chi connectivity index (χ0n) is 20.0. The van der Waals surface area contributed by atoms with Crippen LogP contribution >= 0.6 is 0 Å². The Hall–Kier alpha value is -4.65. The second-order valence-electron chi connectivity index (χ2n) is 8.51. The van der Waals surface area contributed by atoms with Crippen molar-refractivity contribution in [2.75, 3.05) is 7.11 Å². The van der Waals surface area contributed by atoms with Gasteiger partial charge < -0.3 is 19.0 Å². The Bertz CT molecular complexity index is 1520. The third-order valence-corrected chi connectivity index (χ3v) is 6.12. The minimum Gasteiger partial charge on any atom is -0.465 e. The summed E-state index contributed by atoms with van der Waals surface area (Å²) in [7, 11) is 1.35. The molecule has 5 rings (SSSR count). The minimum atomic E-state index is -0.395. The molecule has 36 heavy (non-hydrogen) atoms. The van der Waals surface area contributed by atoms with Crippen molar-refractivity contribution in [3.05, 3.63) is 114 Å². The number of hydrogen-bond donors (Lipinski definition) is 1. The van der Waals surface area contributed by atoms with Crippen molar-refractivity contribution in [1.29, 1.82) is 0 Å². The molecule has 1 N–H and O–H groups in total. The molecule has 0 spiro atoms. The molecule has 2 aromatic heterocycles. The summed E-state index contributed by atoms with van der Waals surface area (Å²) in [6.45, 7) is 2.37. The lowest BCUT2D eigenvalue weighted by atomic mass is 10.0. The normalized spacial score (nSPS) is 11.8. The van der Waals surface area contributed by atoms with Crippen LogP contribution in [0.3, 0.4) is 0 Å². The summed E-state index contributed by atoms with van der Waals surface area (Å²) in [5.41, 5.74) is 4.42. The van der Waals surface area contributed by atoms with Crippen LogP contribution in [0.5, 0.6) is 0 Å². The molecule has 7 nitrogen and oxygen atoms in total. The van der Waals surface area contributed by atoms with Crippen molar-refractivity contribution in [3.63, 3.8) is 0 Å². The molecule has 5 aromatic rings. The average molecular weight is 480 g/mol. The van der Waals surface area contributed by atoms with Crippen LogP contribution < -0.4 is 5.32 Å². The Balaban J connectivity index is 1.37. The van der Waals surface area contributed by atoms with Gasteiger partial charge in [0.1, 0.15) is 6.26 Å². The lowest BCUT2D eigenvalue weighted by Crippen LogP contribution is -2.27. The van der Waals surface area contributed by atoms with Gasteiger partial charge in [-0.2, -0.15) is 0 Å². The molecule has 7 heteroatoms. The first-order valence-electron chi connectivity index (χ1n) is 11.6. The first kappa shape index (κ1) is 23.1. The fourth-order valence-corrected chi connectivity index (χ4v) is 4.23. The molecule has 0 aliphatic carbocycles. The number of benzene rings is 3. The summed E-state index contributed by atoms with van der Waals surface area (Å²) in [6.07, 6.45) is 3.60.